The van der Waals surface area contributed by atoms with Crippen LogP contribution in [0.5, 0.6) is 0 Å². The molecule has 1 atom stereocenters. The Hall–Kier alpha value is -1.09. The van der Waals surface area contributed by atoms with Gasteiger partial charge in [0.2, 0.25) is 0 Å². The van der Waals surface area contributed by atoms with Crippen LogP contribution in [0.15, 0.2) is 27.7 Å². The van der Waals surface area contributed by atoms with Crippen molar-refractivity contribution in [2.75, 3.05) is 7.11 Å². The van der Waals surface area contributed by atoms with E-state index in [2.05, 4.69) is 9.73 Å². The van der Waals surface area contributed by atoms with Gasteiger partial charge in [0, 0.05) is 16.7 Å². The molecule has 0 saturated heterocycles. The summed E-state index contributed by atoms with van der Waals surface area (Å²) >= 11 is 6.23. The summed E-state index contributed by atoms with van der Waals surface area (Å²) in [7, 11) is 1.36. The number of ether oxygens (including phenoxy) is 1. The van der Waals surface area contributed by atoms with Crippen LogP contribution in [0.1, 0.15) is 27.7 Å². The Morgan fingerprint density at radius 2 is 2.18 bits per heavy atom. The molecule has 94 valence electrons. The van der Waals surface area contributed by atoms with Crippen molar-refractivity contribution >= 4 is 23.8 Å². The fraction of sp³-hybridized carbons (Fsp3) is 0.538. The Balaban J connectivity index is 3.13. The second-order valence-corrected chi connectivity index (χ2v) is 5.17. The van der Waals surface area contributed by atoms with Crippen LogP contribution >= 0.6 is 11.6 Å². The lowest BCUT2D eigenvalue weighted by Crippen LogP contribution is -2.37. The fourth-order valence-corrected chi connectivity index (χ4v) is 1.95. The number of nitrogens with zero attached hydrogens (tertiary/aromatic N) is 1. The minimum Gasteiger partial charge on any atom is -0.465 e. The van der Waals surface area contributed by atoms with Gasteiger partial charge in [-0.2, -0.15) is 0 Å². The number of allylic oxidation sites excluding steroid dienone is 1. The number of carbonyl (C=O) groups excluding carboxylic acids is 1. The summed E-state index contributed by atoms with van der Waals surface area (Å²) in [6.45, 7) is 7.84. The molecule has 17 heavy (non-hydrogen) atoms. The van der Waals surface area contributed by atoms with Gasteiger partial charge in [-0.15, -0.1) is 0 Å². The summed E-state index contributed by atoms with van der Waals surface area (Å²) in [5.41, 5.74) is -0.418. The molecule has 4 heteroatoms. The number of methoxy groups -OCH3 is 1. The Morgan fingerprint density at radius 3 is 2.65 bits per heavy atom. The number of rotatable bonds is 3. The molecule has 1 unspecified atom stereocenters. The van der Waals surface area contributed by atoms with E-state index in [0.29, 0.717) is 5.57 Å². The van der Waals surface area contributed by atoms with Crippen molar-refractivity contribution in [3.05, 3.63) is 22.8 Å². The van der Waals surface area contributed by atoms with E-state index in [9.17, 15) is 4.79 Å². The molecule has 0 amide bonds. The lowest BCUT2D eigenvalue weighted by atomic mass is 9.73. The highest BCUT2D eigenvalue weighted by atomic mass is 35.5. The third-order valence-electron chi connectivity index (χ3n) is 3.45. The number of esters is 1. The molecule has 1 rings (SSSR count). The van der Waals surface area contributed by atoms with Crippen LogP contribution in [0.25, 0.3) is 0 Å². The largest absolute Gasteiger partial charge is 0.465 e. The molecule has 0 aliphatic carbocycles. The lowest BCUT2D eigenvalue weighted by molar-refractivity contribution is -0.135. The molecule has 1 aliphatic rings. The van der Waals surface area contributed by atoms with Gasteiger partial charge >= 0.3 is 5.97 Å². The van der Waals surface area contributed by atoms with Gasteiger partial charge in [-0.1, -0.05) is 31.5 Å². The van der Waals surface area contributed by atoms with Crippen molar-refractivity contribution in [2.24, 2.45) is 10.4 Å². The van der Waals surface area contributed by atoms with E-state index in [1.807, 2.05) is 39.8 Å². The first-order chi connectivity index (χ1) is 7.78. The van der Waals surface area contributed by atoms with Crippen molar-refractivity contribution < 1.29 is 9.53 Å². The highest BCUT2D eigenvalue weighted by molar-refractivity contribution is 6.30. The average molecular weight is 256 g/mol. The van der Waals surface area contributed by atoms with Crippen LogP contribution in [-0.2, 0) is 9.53 Å². The van der Waals surface area contributed by atoms with Crippen molar-refractivity contribution in [1.82, 2.24) is 0 Å². The van der Waals surface area contributed by atoms with Crippen molar-refractivity contribution in [3.8, 4) is 0 Å². The molecular formula is C13H18ClNO2. The van der Waals surface area contributed by atoms with Crippen LogP contribution in [0.3, 0.4) is 0 Å². The first-order valence-corrected chi connectivity index (χ1v) is 5.85. The van der Waals surface area contributed by atoms with E-state index in [0.717, 1.165) is 5.03 Å². The van der Waals surface area contributed by atoms with Crippen LogP contribution in [-0.4, -0.2) is 24.8 Å². The standard InChI is InChI=1S/C13H18ClNO2/c1-6-10(14)12(2,3)13(4)7-9(8-15-13)11(16)17-5/h6-8H,1-5H3/b10-6+. The monoisotopic (exact) mass is 255 g/mol. The van der Waals surface area contributed by atoms with E-state index in [1.54, 1.807) is 6.21 Å². The maximum atomic E-state index is 11.4. The molecule has 3 nitrogen and oxygen atoms in total. The van der Waals surface area contributed by atoms with E-state index in [4.69, 9.17) is 11.6 Å². The second-order valence-electron chi connectivity index (χ2n) is 4.76. The zero-order valence-electron chi connectivity index (χ0n) is 10.9. The molecule has 1 aliphatic heterocycles. The molecule has 0 N–H and O–H groups in total. The third kappa shape index (κ3) is 2.29. The summed E-state index contributed by atoms with van der Waals surface area (Å²) in [4.78, 5) is 15.9. The Bertz CT molecular complexity index is 421. The lowest BCUT2D eigenvalue weighted by Gasteiger charge is -2.37. The molecule has 0 radical (unpaired) electrons. The zero-order chi connectivity index (χ0) is 13.3. The van der Waals surface area contributed by atoms with E-state index in [-0.39, 0.29) is 11.4 Å². The van der Waals surface area contributed by atoms with Gasteiger partial charge in [-0.25, -0.2) is 4.79 Å². The van der Waals surface area contributed by atoms with Crippen molar-refractivity contribution in [2.45, 2.75) is 33.2 Å². The van der Waals surface area contributed by atoms with Gasteiger partial charge in [0.15, 0.2) is 0 Å². The van der Waals surface area contributed by atoms with Crippen LogP contribution in [0.4, 0.5) is 0 Å². The summed E-state index contributed by atoms with van der Waals surface area (Å²) in [6, 6.07) is 0. The predicted octanol–water partition coefficient (Wildman–Crippen LogP) is 3.10. The van der Waals surface area contributed by atoms with Gasteiger partial charge in [-0.05, 0) is 19.9 Å². The minimum atomic E-state index is -0.528. The number of hydrogen-bond donors (Lipinski definition) is 0. The number of aliphatic imine (C=N–C) groups is 1. The molecule has 0 spiro atoms. The maximum Gasteiger partial charge on any atom is 0.339 e. The third-order valence-corrected chi connectivity index (χ3v) is 4.14. The van der Waals surface area contributed by atoms with Crippen LogP contribution < -0.4 is 0 Å². The summed E-state index contributed by atoms with van der Waals surface area (Å²) in [5, 5.41) is 0.722. The second kappa shape index (κ2) is 4.65. The molecule has 0 aromatic heterocycles. The van der Waals surface area contributed by atoms with Gasteiger partial charge in [-0.3, -0.25) is 4.99 Å². The maximum absolute atomic E-state index is 11.4. The predicted molar refractivity (Wildman–Crippen MR) is 70.4 cm³/mol. The molecule has 1 heterocycles. The van der Waals surface area contributed by atoms with Crippen molar-refractivity contribution in [3.63, 3.8) is 0 Å². The van der Waals surface area contributed by atoms with E-state index in [1.165, 1.54) is 7.11 Å². The Labute approximate surface area is 107 Å². The smallest absolute Gasteiger partial charge is 0.339 e. The number of hydrogen-bond acceptors (Lipinski definition) is 3. The topological polar surface area (TPSA) is 38.7 Å². The molecule has 0 bridgehead atoms. The SMILES string of the molecule is C/C=C(/Cl)C(C)(C)C1(C)C=C(C(=O)OC)C=N1. The Morgan fingerprint density at radius 1 is 1.59 bits per heavy atom. The fourth-order valence-electron chi connectivity index (χ4n) is 1.75. The molecule has 0 saturated carbocycles. The normalized spacial score (nSPS) is 24.8. The first kappa shape index (κ1) is 14.0. The first-order valence-electron chi connectivity index (χ1n) is 5.47. The van der Waals surface area contributed by atoms with E-state index >= 15 is 0 Å². The van der Waals surface area contributed by atoms with Crippen LogP contribution in [0.2, 0.25) is 0 Å². The Kier molecular flexibility index (Phi) is 3.82. The van der Waals surface area contributed by atoms with Gasteiger partial charge < -0.3 is 4.74 Å². The summed E-state index contributed by atoms with van der Waals surface area (Å²) in [5.74, 6) is -0.370. The highest BCUT2D eigenvalue weighted by Crippen LogP contribution is 2.45. The zero-order valence-corrected chi connectivity index (χ0v) is 11.6. The molecule has 0 aromatic rings. The van der Waals surface area contributed by atoms with E-state index < -0.39 is 5.54 Å². The molecule has 0 aromatic carbocycles. The van der Waals surface area contributed by atoms with Gasteiger partial charge in [0.25, 0.3) is 0 Å². The van der Waals surface area contributed by atoms with Gasteiger partial charge in [0.05, 0.1) is 18.2 Å². The number of carbonyl (C=O) groups is 1. The quantitative estimate of drug-likeness (QED) is 0.727. The molecular weight excluding hydrogens is 238 g/mol. The van der Waals surface area contributed by atoms with Crippen molar-refractivity contribution in [1.29, 1.82) is 0 Å². The average Bonchev–Trinajstić information content (AvgIpc) is 2.71. The van der Waals surface area contributed by atoms with Crippen LogP contribution in [0, 0.1) is 5.41 Å². The highest BCUT2D eigenvalue weighted by Gasteiger charge is 2.44. The minimum absolute atomic E-state index is 0.365. The molecule has 0 fully saturated rings. The number of halogens is 1. The van der Waals surface area contributed by atoms with Gasteiger partial charge in [0.1, 0.15) is 0 Å². The summed E-state index contributed by atoms with van der Waals surface area (Å²) < 4.78 is 4.68. The summed E-state index contributed by atoms with van der Waals surface area (Å²) in [6.07, 6.45) is 5.21.